The van der Waals surface area contributed by atoms with Crippen LogP contribution in [0.15, 0.2) is 54.6 Å². The van der Waals surface area contributed by atoms with Crippen LogP contribution in [0.25, 0.3) is 0 Å². The van der Waals surface area contributed by atoms with Gasteiger partial charge in [0.15, 0.2) is 0 Å². The van der Waals surface area contributed by atoms with E-state index >= 15 is 0 Å². The van der Waals surface area contributed by atoms with Gasteiger partial charge in [0.25, 0.3) is 0 Å². The van der Waals surface area contributed by atoms with Crippen LogP contribution in [0.5, 0.6) is 0 Å². The van der Waals surface area contributed by atoms with Crippen molar-refractivity contribution in [2.75, 3.05) is 25.1 Å². The van der Waals surface area contributed by atoms with Gasteiger partial charge < -0.3 is 14.5 Å². The summed E-state index contributed by atoms with van der Waals surface area (Å²) in [6, 6.07) is 16.2. The van der Waals surface area contributed by atoms with Gasteiger partial charge in [-0.05, 0) is 30.7 Å². The maximum Gasteiger partial charge on any atom is 0.337 e. The van der Waals surface area contributed by atoms with Gasteiger partial charge in [0.05, 0.1) is 12.7 Å². The number of amides is 2. The maximum atomic E-state index is 12.8. The number of benzene rings is 2. The molecule has 0 fully saturated rings. The average Bonchev–Trinajstić information content (AvgIpc) is 2.70. The Kier molecular flexibility index (Phi) is 7.11. The molecule has 0 atom stereocenters. The minimum absolute atomic E-state index is 0.0966. The zero-order valence-corrected chi connectivity index (χ0v) is 15.8. The van der Waals surface area contributed by atoms with Crippen LogP contribution >= 0.6 is 0 Å². The van der Waals surface area contributed by atoms with Crippen molar-refractivity contribution in [1.29, 1.82) is 0 Å². The largest absolute Gasteiger partial charge is 0.465 e. The van der Waals surface area contributed by atoms with Crippen molar-refractivity contribution in [2.24, 2.45) is 0 Å². The molecule has 6 heteroatoms. The second kappa shape index (κ2) is 9.52. The number of hydrogen-bond donors (Lipinski definition) is 0. The van der Waals surface area contributed by atoms with E-state index in [-0.39, 0.29) is 18.4 Å². The lowest BCUT2D eigenvalue weighted by Gasteiger charge is -2.26. The number of carbonyl (C=O) groups is 3. The van der Waals surface area contributed by atoms with E-state index in [9.17, 15) is 14.4 Å². The third-order valence-electron chi connectivity index (χ3n) is 4.20. The molecule has 2 amide bonds. The Morgan fingerprint density at radius 3 is 2.30 bits per heavy atom. The lowest BCUT2D eigenvalue weighted by atomic mass is 10.1. The highest BCUT2D eigenvalue weighted by Crippen LogP contribution is 2.18. The topological polar surface area (TPSA) is 66.9 Å². The van der Waals surface area contributed by atoms with E-state index in [4.69, 9.17) is 4.74 Å². The SMILES string of the molecule is CCN(Cc1ccccc1)C(=O)CN(C(C)=O)c1cccc(C(=O)OC)c1. The van der Waals surface area contributed by atoms with Crippen LogP contribution in [-0.2, 0) is 20.9 Å². The van der Waals surface area contributed by atoms with Crippen LogP contribution in [-0.4, -0.2) is 42.9 Å². The average molecular weight is 368 g/mol. The number of ether oxygens (including phenoxy) is 1. The van der Waals surface area contributed by atoms with E-state index < -0.39 is 5.97 Å². The molecule has 0 saturated carbocycles. The van der Waals surface area contributed by atoms with E-state index in [1.165, 1.54) is 18.9 Å². The highest BCUT2D eigenvalue weighted by atomic mass is 16.5. The first-order chi connectivity index (χ1) is 13.0. The first-order valence-electron chi connectivity index (χ1n) is 8.74. The molecule has 0 saturated heterocycles. The predicted octanol–water partition coefficient (Wildman–Crippen LogP) is 2.87. The van der Waals surface area contributed by atoms with E-state index in [0.717, 1.165) is 5.56 Å². The molecule has 6 nitrogen and oxygen atoms in total. The third kappa shape index (κ3) is 5.41. The van der Waals surface area contributed by atoms with E-state index in [1.54, 1.807) is 29.2 Å². The number of nitrogens with zero attached hydrogens (tertiary/aromatic N) is 2. The van der Waals surface area contributed by atoms with Gasteiger partial charge in [0, 0.05) is 25.7 Å². The summed E-state index contributed by atoms with van der Waals surface area (Å²) in [6.07, 6.45) is 0. The number of methoxy groups -OCH3 is 1. The molecule has 0 heterocycles. The number of anilines is 1. The van der Waals surface area contributed by atoms with Crippen LogP contribution in [0.2, 0.25) is 0 Å². The third-order valence-corrected chi connectivity index (χ3v) is 4.20. The van der Waals surface area contributed by atoms with E-state index in [2.05, 4.69) is 0 Å². The van der Waals surface area contributed by atoms with E-state index in [0.29, 0.717) is 24.3 Å². The van der Waals surface area contributed by atoms with Gasteiger partial charge in [-0.1, -0.05) is 36.4 Å². The second-order valence-corrected chi connectivity index (χ2v) is 6.04. The molecule has 0 unspecified atom stereocenters. The van der Waals surface area contributed by atoms with Crippen molar-refractivity contribution < 1.29 is 19.1 Å². The smallest absolute Gasteiger partial charge is 0.337 e. The standard InChI is InChI=1S/C21H24N2O4/c1-4-22(14-17-9-6-5-7-10-17)20(25)15-23(16(2)24)19-12-8-11-18(13-19)21(26)27-3/h5-13H,4,14-15H2,1-3H3. The van der Waals surface area contributed by atoms with Gasteiger partial charge in [0.2, 0.25) is 11.8 Å². The molecule has 142 valence electrons. The summed E-state index contributed by atoms with van der Waals surface area (Å²) < 4.78 is 4.72. The Labute approximate surface area is 159 Å². The van der Waals surface area contributed by atoms with Crippen LogP contribution in [0.4, 0.5) is 5.69 Å². The molecule has 0 radical (unpaired) electrons. The van der Waals surface area contributed by atoms with Crippen LogP contribution < -0.4 is 4.90 Å². The molecule has 0 bridgehead atoms. The minimum atomic E-state index is -0.494. The molecule has 2 rings (SSSR count). The summed E-state index contributed by atoms with van der Waals surface area (Å²) in [5.74, 6) is -0.938. The summed E-state index contributed by atoms with van der Waals surface area (Å²) in [5.41, 5.74) is 1.83. The molecule has 0 spiro atoms. The summed E-state index contributed by atoms with van der Waals surface area (Å²) in [5, 5.41) is 0. The first kappa shape index (κ1) is 20.2. The highest BCUT2D eigenvalue weighted by molar-refractivity contribution is 5.99. The normalized spacial score (nSPS) is 10.2. The number of carbonyl (C=O) groups excluding carboxylic acids is 3. The molecule has 0 aliphatic heterocycles. The molecule has 0 aromatic heterocycles. The monoisotopic (exact) mass is 368 g/mol. The van der Waals surface area contributed by atoms with Crippen molar-refractivity contribution in [3.05, 3.63) is 65.7 Å². The summed E-state index contributed by atoms with van der Waals surface area (Å²) in [7, 11) is 1.30. The quantitative estimate of drug-likeness (QED) is 0.705. The Morgan fingerprint density at radius 2 is 1.70 bits per heavy atom. The van der Waals surface area contributed by atoms with Crippen molar-refractivity contribution in [2.45, 2.75) is 20.4 Å². The maximum absolute atomic E-state index is 12.8. The number of hydrogen-bond acceptors (Lipinski definition) is 4. The molecular formula is C21H24N2O4. The minimum Gasteiger partial charge on any atom is -0.465 e. The van der Waals surface area contributed by atoms with Gasteiger partial charge in [-0.2, -0.15) is 0 Å². The molecule has 2 aromatic rings. The van der Waals surface area contributed by atoms with Crippen LogP contribution in [0.3, 0.4) is 0 Å². The van der Waals surface area contributed by atoms with Gasteiger partial charge >= 0.3 is 5.97 Å². The highest BCUT2D eigenvalue weighted by Gasteiger charge is 2.21. The summed E-state index contributed by atoms with van der Waals surface area (Å²) in [4.78, 5) is 39.7. The summed E-state index contributed by atoms with van der Waals surface area (Å²) in [6.45, 7) is 4.20. The van der Waals surface area contributed by atoms with Crippen LogP contribution in [0.1, 0.15) is 29.8 Å². The van der Waals surface area contributed by atoms with Crippen molar-refractivity contribution in [3.63, 3.8) is 0 Å². The zero-order chi connectivity index (χ0) is 19.8. The first-order valence-corrected chi connectivity index (χ1v) is 8.74. The fraction of sp³-hybridized carbons (Fsp3) is 0.286. The van der Waals surface area contributed by atoms with Crippen molar-refractivity contribution in [3.8, 4) is 0 Å². The fourth-order valence-electron chi connectivity index (χ4n) is 2.72. The Morgan fingerprint density at radius 1 is 1.00 bits per heavy atom. The second-order valence-electron chi connectivity index (χ2n) is 6.04. The summed E-state index contributed by atoms with van der Waals surface area (Å²) >= 11 is 0. The fourth-order valence-corrected chi connectivity index (χ4v) is 2.72. The van der Waals surface area contributed by atoms with Gasteiger partial charge in [-0.3, -0.25) is 9.59 Å². The Balaban J connectivity index is 2.18. The Hall–Kier alpha value is -3.15. The molecule has 2 aromatic carbocycles. The molecule has 0 aliphatic carbocycles. The number of likely N-dealkylation sites (N-methyl/N-ethyl adjacent to an activating group) is 1. The number of esters is 1. The molecule has 0 N–H and O–H groups in total. The van der Waals surface area contributed by atoms with Gasteiger partial charge in [-0.25, -0.2) is 4.79 Å². The molecule has 0 aliphatic rings. The van der Waals surface area contributed by atoms with Crippen LogP contribution in [0, 0.1) is 0 Å². The zero-order valence-electron chi connectivity index (χ0n) is 15.8. The number of rotatable bonds is 7. The predicted molar refractivity (Wildman–Crippen MR) is 103 cm³/mol. The Bertz CT molecular complexity index is 805. The lowest BCUT2D eigenvalue weighted by molar-refractivity contribution is -0.131. The van der Waals surface area contributed by atoms with Gasteiger partial charge in [0.1, 0.15) is 6.54 Å². The van der Waals surface area contributed by atoms with Crippen molar-refractivity contribution >= 4 is 23.5 Å². The van der Waals surface area contributed by atoms with E-state index in [1.807, 2.05) is 37.3 Å². The lowest BCUT2D eigenvalue weighted by Crippen LogP contribution is -2.42. The van der Waals surface area contributed by atoms with Gasteiger partial charge in [-0.15, -0.1) is 0 Å². The van der Waals surface area contributed by atoms with Crippen molar-refractivity contribution in [1.82, 2.24) is 4.90 Å². The molecular weight excluding hydrogens is 344 g/mol. The molecule has 27 heavy (non-hydrogen) atoms.